The van der Waals surface area contributed by atoms with E-state index >= 15 is 0 Å². The number of hydrogen-bond acceptors (Lipinski definition) is 3. The van der Waals surface area contributed by atoms with Crippen LogP contribution < -0.4 is 10.6 Å². The van der Waals surface area contributed by atoms with Crippen molar-refractivity contribution in [3.63, 3.8) is 0 Å². The largest absolute Gasteiger partial charge is 0.476 e. The molecule has 6 nitrogen and oxygen atoms in total. The number of pyridine rings is 1. The number of aromatic nitrogens is 1. The molecule has 2 atom stereocenters. The first-order valence-corrected chi connectivity index (χ1v) is 7.36. The third kappa shape index (κ3) is 4.18. The average Bonchev–Trinajstić information content (AvgIpc) is 2.47. The maximum atomic E-state index is 12.0. The highest BCUT2D eigenvalue weighted by Gasteiger charge is 2.22. The second kappa shape index (κ2) is 7.06. The molecule has 1 heterocycles. The molecule has 0 aromatic carbocycles. The first-order valence-electron chi connectivity index (χ1n) is 7.36. The zero-order chi connectivity index (χ0) is 15.2. The van der Waals surface area contributed by atoms with E-state index in [1.807, 2.05) is 0 Å². The highest BCUT2D eigenvalue weighted by molar-refractivity contribution is 5.98. The molecule has 21 heavy (non-hydrogen) atoms. The number of nitrogens with zero attached hydrogens (tertiary/aromatic N) is 1. The SMILES string of the molecule is CCC1CCCC(NC(=O)Nc2cccnc2C(=O)O)C1. The van der Waals surface area contributed by atoms with Gasteiger partial charge < -0.3 is 15.7 Å². The van der Waals surface area contributed by atoms with Crippen LogP contribution in [0.15, 0.2) is 18.3 Å². The summed E-state index contributed by atoms with van der Waals surface area (Å²) >= 11 is 0. The predicted octanol–water partition coefficient (Wildman–Crippen LogP) is 2.87. The standard InChI is InChI=1S/C15H21N3O3/c1-2-10-5-3-6-11(9-10)17-15(21)18-12-7-4-8-16-13(12)14(19)20/h4,7-8,10-11H,2-3,5-6,9H2,1H3,(H,19,20)(H2,17,18,21). The number of carboxylic acids is 1. The summed E-state index contributed by atoms with van der Waals surface area (Å²) in [5, 5.41) is 14.5. The number of aromatic carboxylic acids is 1. The van der Waals surface area contributed by atoms with Crippen LogP contribution in [-0.4, -0.2) is 28.1 Å². The molecule has 114 valence electrons. The van der Waals surface area contributed by atoms with Gasteiger partial charge in [0.2, 0.25) is 0 Å². The molecule has 1 fully saturated rings. The van der Waals surface area contributed by atoms with Gasteiger partial charge in [-0.2, -0.15) is 0 Å². The zero-order valence-corrected chi connectivity index (χ0v) is 12.1. The van der Waals surface area contributed by atoms with Crippen molar-refractivity contribution >= 4 is 17.7 Å². The van der Waals surface area contributed by atoms with Crippen LogP contribution in [0.1, 0.15) is 49.5 Å². The van der Waals surface area contributed by atoms with E-state index in [0.717, 1.165) is 25.7 Å². The quantitative estimate of drug-likeness (QED) is 0.795. The number of amides is 2. The monoisotopic (exact) mass is 291 g/mol. The van der Waals surface area contributed by atoms with Crippen LogP contribution in [0.2, 0.25) is 0 Å². The number of rotatable bonds is 4. The second-order valence-corrected chi connectivity index (χ2v) is 5.44. The molecular weight excluding hydrogens is 270 g/mol. The minimum Gasteiger partial charge on any atom is -0.476 e. The molecule has 0 saturated heterocycles. The summed E-state index contributed by atoms with van der Waals surface area (Å²) in [5.41, 5.74) is 0.0630. The maximum absolute atomic E-state index is 12.0. The molecule has 1 aliphatic carbocycles. The molecule has 0 spiro atoms. The third-order valence-electron chi connectivity index (χ3n) is 3.95. The van der Waals surface area contributed by atoms with Crippen LogP contribution in [0.5, 0.6) is 0 Å². The molecule has 6 heteroatoms. The molecular formula is C15H21N3O3. The van der Waals surface area contributed by atoms with Gasteiger partial charge >= 0.3 is 12.0 Å². The Kier molecular flexibility index (Phi) is 5.14. The van der Waals surface area contributed by atoms with Crippen molar-refractivity contribution in [2.24, 2.45) is 5.92 Å². The Labute approximate surface area is 124 Å². The molecule has 1 aromatic heterocycles. The van der Waals surface area contributed by atoms with Gasteiger partial charge in [0.15, 0.2) is 5.69 Å². The Balaban J connectivity index is 1.94. The first kappa shape index (κ1) is 15.3. The molecule has 0 radical (unpaired) electrons. The van der Waals surface area contributed by atoms with Gasteiger partial charge in [0, 0.05) is 12.2 Å². The topological polar surface area (TPSA) is 91.3 Å². The van der Waals surface area contributed by atoms with Crippen molar-refractivity contribution in [1.82, 2.24) is 10.3 Å². The number of carbonyl (C=O) groups is 2. The number of carboxylic acid groups (broad SMARTS) is 1. The minimum absolute atomic E-state index is 0.150. The molecule has 2 rings (SSSR count). The first-order chi connectivity index (χ1) is 10.1. The fourth-order valence-corrected chi connectivity index (χ4v) is 2.81. The summed E-state index contributed by atoms with van der Waals surface area (Å²) in [4.78, 5) is 26.8. The van der Waals surface area contributed by atoms with Gasteiger partial charge in [-0.05, 0) is 30.9 Å². The van der Waals surface area contributed by atoms with Gasteiger partial charge in [-0.3, -0.25) is 0 Å². The maximum Gasteiger partial charge on any atom is 0.356 e. The number of carbonyl (C=O) groups excluding carboxylic acids is 1. The van der Waals surface area contributed by atoms with E-state index in [1.54, 1.807) is 6.07 Å². The predicted molar refractivity (Wildman–Crippen MR) is 79.4 cm³/mol. The molecule has 1 aromatic rings. The summed E-state index contributed by atoms with van der Waals surface area (Å²) in [5.74, 6) is -0.494. The highest BCUT2D eigenvalue weighted by atomic mass is 16.4. The van der Waals surface area contributed by atoms with Gasteiger partial charge in [0.05, 0.1) is 5.69 Å². The van der Waals surface area contributed by atoms with Crippen molar-refractivity contribution in [2.45, 2.75) is 45.1 Å². The lowest BCUT2D eigenvalue weighted by Crippen LogP contribution is -2.41. The van der Waals surface area contributed by atoms with Crippen molar-refractivity contribution in [1.29, 1.82) is 0 Å². The molecule has 2 amide bonds. The molecule has 1 saturated carbocycles. The summed E-state index contributed by atoms with van der Waals surface area (Å²) in [6, 6.07) is 2.92. The van der Waals surface area contributed by atoms with Crippen molar-refractivity contribution < 1.29 is 14.7 Å². The number of urea groups is 1. The van der Waals surface area contributed by atoms with Crippen LogP contribution in [0.25, 0.3) is 0 Å². The van der Waals surface area contributed by atoms with Crippen LogP contribution >= 0.6 is 0 Å². The lowest BCUT2D eigenvalue weighted by atomic mass is 9.84. The lowest BCUT2D eigenvalue weighted by molar-refractivity contribution is 0.0692. The van der Waals surface area contributed by atoms with Gasteiger partial charge in [0.1, 0.15) is 0 Å². The van der Waals surface area contributed by atoms with E-state index in [4.69, 9.17) is 5.11 Å². The normalized spacial score (nSPS) is 21.6. The Bertz CT molecular complexity index is 519. The highest BCUT2D eigenvalue weighted by Crippen LogP contribution is 2.26. The van der Waals surface area contributed by atoms with Crippen molar-refractivity contribution in [3.8, 4) is 0 Å². The van der Waals surface area contributed by atoms with Crippen LogP contribution in [-0.2, 0) is 0 Å². The van der Waals surface area contributed by atoms with E-state index in [0.29, 0.717) is 5.92 Å². The van der Waals surface area contributed by atoms with Crippen molar-refractivity contribution in [2.75, 3.05) is 5.32 Å². The average molecular weight is 291 g/mol. The van der Waals surface area contributed by atoms with Crippen LogP contribution in [0.3, 0.4) is 0 Å². The minimum atomic E-state index is -1.16. The molecule has 1 aliphatic rings. The smallest absolute Gasteiger partial charge is 0.356 e. The summed E-state index contributed by atoms with van der Waals surface area (Å²) in [7, 11) is 0. The van der Waals surface area contributed by atoms with E-state index in [1.165, 1.54) is 18.7 Å². The molecule has 3 N–H and O–H groups in total. The second-order valence-electron chi connectivity index (χ2n) is 5.44. The summed E-state index contributed by atoms with van der Waals surface area (Å²) in [6.45, 7) is 2.17. The van der Waals surface area contributed by atoms with Crippen LogP contribution in [0, 0.1) is 5.92 Å². The fourth-order valence-electron chi connectivity index (χ4n) is 2.81. The van der Waals surface area contributed by atoms with Crippen molar-refractivity contribution in [3.05, 3.63) is 24.0 Å². The Morgan fingerprint density at radius 3 is 2.95 bits per heavy atom. The summed E-state index contributed by atoms with van der Waals surface area (Å²) < 4.78 is 0. The molecule has 2 unspecified atom stereocenters. The third-order valence-corrected chi connectivity index (χ3v) is 3.95. The molecule has 0 bridgehead atoms. The van der Waals surface area contributed by atoms with E-state index in [-0.39, 0.29) is 23.5 Å². The van der Waals surface area contributed by atoms with E-state index < -0.39 is 5.97 Å². The Morgan fingerprint density at radius 2 is 2.24 bits per heavy atom. The Hall–Kier alpha value is -2.11. The number of anilines is 1. The zero-order valence-electron chi connectivity index (χ0n) is 12.1. The number of nitrogens with one attached hydrogen (secondary N) is 2. The van der Waals surface area contributed by atoms with Crippen LogP contribution in [0.4, 0.5) is 10.5 Å². The lowest BCUT2D eigenvalue weighted by Gasteiger charge is -2.29. The summed E-state index contributed by atoms with van der Waals surface area (Å²) in [6.07, 6.45) is 6.83. The number of hydrogen-bond donors (Lipinski definition) is 3. The van der Waals surface area contributed by atoms with Gasteiger partial charge in [-0.25, -0.2) is 14.6 Å². The van der Waals surface area contributed by atoms with Gasteiger partial charge in [-0.15, -0.1) is 0 Å². The van der Waals surface area contributed by atoms with E-state index in [2.05, 4.69) is 22.5 Å². The Morgan fingerprint density at radius 1 is 1.43 bits per heavy atom. The molecule has 0 aliphatic heterocycles. The van der Waals surface area contributed by atoms with Gasteiger partial charge in [-0.1, -0.05) is 26.2 Å². The van der Waals surface area contributed by atoms with Gasteiger partial charge in [0.25, 0.3) is 0 Å². The van der Waals surface area contributed by atoms with E-state index in [9.17, 15) is 9.59 Å². The fraction of sp³-hybridized carbons (Fsp3) is 0.533.